The number of halogens is 2. The van der Waals surface area contributed by atoms with Gasteiger partial charge in [0.2, 0.25) is 35.4 Å². The van der Waals surface area contributed by atoms with Gasteiger partial charge in [-0.3, -0.25) is 28.8 Å². The van der Waals surface area contributed by atoms with E-state index in [2.05, 4.69) is 10.6 Å². The molecule has 14 nitrogen and oxygen atoms in total. The van der Waals surface area contributed by atoms with Crippen molar-refractivity contribution < 1.29 is 38.3 Å². The summed E-state index contributed by atoms with van der Waals surface area (Å²) >= 11 is 12.0. The Bertz CT molecular complexity index is 1510. The summed E-state index contributed by atoms with van der Waals surface area (Å²) in [5, 5.41) is 5.51. The van der Waals surface area contributed by atoms with Gasteiger partial charge in [-0.05, 0) is 44.1 Å². The highest BCUT2D eigenvalue weighted by atomic mass is 35.5. The Kier molecular flexibility index (Phi) is 17.2. The number of ether oxygens (including phenoxy) is 1. The fraction of sp³-hybridized carbons (Fsp3) is 0.658. The van der Waals surface area contributed by atoms with Crippen molar-refractivity contribution in [3.05, 3.63) is 35.9 Å². The highest BCUT2D eigenvalue weighted by Gasteiger charge is 2.42. The first-order chi connectivity index (χ1) is 25.0. The summed E-state index contributed by atoms with van der Waals surface area (Å²) in [5.41, 5.74) is 0.740. The molecule has 6 amide bonds. The van der Waals surface area contributed by atoms with Crippen molar-refractivity contribution >= 4 is 64.6 Å². The minimum atomic E-state index is -1.42. The van der Waals surface area contributed by atoms with E-state index in [-0.39, 0.29) is 12.8 Å². The molecular weight excluding hydrogens is 739 g/mol. The summed E-state index contributed by atoms with van der Waals surface area (Å²) in [6.45, 7) is 13.0. The third-order valence-corrected chi connectivity index (χ3v) is 11.0. The zero-order valence-electron chi connectivity index (χ0n) is 33.5. The van der Waals surface area contributed by atoms with Crippen LogP contribution in [0.2, 0.25) is 0 Å². The molecule has 1 aromatic carbocycles. The van der Waals surface area contributed by atoms with Gasteiger partial charge < -0.3 is 35.0 Å². The van der Waals surface area contributed by atoms with E-state index < -0.39 is 106 Å². The summed E-state index contributed by atoms with van der Waals surface area (Å²) in [4.78, 5) is 101. The van der Waals surface area contributed by atoms with E-state index in [1.165, 1.54) is 58.8 Å². The van der Waals surface area contributed by atoms with Crippen LogP contribution in [0.25, 0.3) is 0 Å². The quantitative estimate of drug-likeness (QED) is 0.300. The Morgan fingerprint density at radius 1 is 0.759 bits per heavy atom. The second-order valence-corrected chi connectivity index (χ2v) is 16.1. The summed E-state index contributed by atoms with van der Waals surface area (Å²) in [6, 6.07) is 1.93. The first-order valence-electron chi connectivity index (χ1n) is 18.2. The van der Waals surface area contributed by atoms with Crippen molar-refractivity contribution in [2.24, 2.45) is 17.8 Å². The molecule has 0 bridgehead atoms. The third-order valence-electron chi connectivity index (χ3n) is 10.2. The van der Waals surface area contributed by atoms with Gasteiger partial charge in [-0.2, -0.15) is 0 Å². The molecule has 1 aromatic rings. The zero-order valence-corrected chi connectivity index (χ0v) is 35.0. The van der Waals surface area contributed by atoms with Crippen molar-refractivity contribution in [1.29, 1.82) is 0 Å². The van der Waals surface area contributed by atoms with Gasteiger partial charge in [-0.1, -0.05) is 65.0 Å². The van der Waals surface area contributed by atoms with E-state index in [0.717, 1.165) is 15.4 Å². The van der Waals surface area contributed by atoms with Crippen LogP contribution in [-0.4, -0.2) is 136 Å². The highest BCUT2D eigenvalue weighted by Crippen LogP contribution is 2.22. The molecule has 0 unspecified atom stereocenters. The van der Waals surface area contributed by atoms with Crippen LogP contribution in [-0.2, 0) is 44.7 Å². The van der Waals surface area contributed by atoms with Crippen LogP contribution in [0.3, 0.4) is 0 Å². The molecule has 2 rings (SSSR count). The van der Waals surface area contributed by atoms with Gasteiger partial charge in [0, 0.05) is 41.0 Å². The van der Waals surface area contributed by atoms with E-state index in [9.17, 15) is 33.6 Å². The number of amides is 6. The summed E-state index contributed by atoms with van der Waals surface area (Å²) < 4.78 is 5.87. The number of nitrogens with zero attached hydrogens (tertiary/aromatic N) is 4. The summed E-state index contributed by atoms with van der Waals surface area (Å²) in [7, 11) is 5.64. The number of nitrogens with one attached hydrogen (secondary N) is 2. The van der Waals surface area contributed by atoms with E-state index in [1.807, 2.05) is 6.07 Å². The smallest absolute Gasteiger partial charge is 0.329 e. The largest absolute Gasteiger partial charge is 0.458 e. The fourth-order valence-electron chi connectivity index (χ4n) is 6.04. The maximum absolute atomic E-state index is 14.3. The number of benzene rings is 1. The minimum Gasteiger partial charge on any atom is -0.458 e. The standard InChI is InChI=1S/C38H58Cl2N6O8/c1-20(2)29-36(51)44(10)24(7)35(50)45(11)27(19-26-16-14-13-15-17-26)34(49)42-30(21(3)4)38(53)54-25(8)31(37(52)43(9)23(6)33(48)41-29)46(12)28(47)18-22(5)32(39)40/h13-17,20-25,27,29-32H,18-19H2,1-12H3,(H,41,48)(H,42,49)/t22-,23+,24+,25-,27-,29-,30+,31+/m1/s1. The molecule has 1 heterocycles. The number of hydrogen-bond acceptors (Lipinski definition) is 8. The van der Waals surface area contributed by atoms with Crippen LogP contribution in [0.4, 0.5) is 0 Å². The van der Waals surface area contributed by atoms with Gasteiger partial charge >= 0.3 is 5.97 Å². The molecular formula is C38H58Cl2N6O8. The van der Waals surface area contributed by atoms with Crippen LogP contribution in [0.1, 0.15) is 67.4 Å². The van der Waals surface area contributed by atoms with Crippen LogP contribution in [0.15, 0.2) is 30.3 Å². The van der Waals surface area contributed by atoms with Crippen LogP contribution in [0.5, 0.6) is 0 Å². The maximum Gasteiger partial charge on any atom is 0.329 e. The van der Waals surface area contributed by atoms with Gasteiger partial charge in [-0.15, -0.1) is 23.2 Å². The van der Waals surface area contributed by atoms with Crippen LogP contribution in [0, 0.1) is 17.8 Å². The third kappa shape index (κ3) is 11.5. The predicted octanol–water partition coefficient (Wildman–Crippen LogP) is 2.63. The van der Waals surface area contributed by atoms with E-state index in [4.69, 9.17) is 27.9 Å². The number of esters is 1. The molecule has 16 heteroatoms. The van der Waals surface area contributed by atoms with Crippen molar-refractivity contribution in [1.82, 2.24) is 30.2 Å². The number of carbonyl (C=O) groups is 7. The number of carbonyl (C=O) groups excluding carboxylic acids is 7. The SMILES string of the molecule is CC(C)[C@@H]1NC(=O)[C@@H](Cc2ccccc2)N(C)C(=O)[C@H](C)N(C)C(=O)[C@@H](C(C)C)NC(=O)[C@H](C)N(C)C(=O)[C@@H](N(C)C(=O)C[C@@H](C)C(Cl)Cl)[C@@H](C)OC1=O. The molecule has 0 aliphatic carbocycles. The maximum atomic E-state index is 14.3. The lowest BCUT2D eigenvalue weighted by Crippen LogP contribution is -2.60. The van der Waals surface area contributed by atoms with E-state index in [1.54, 1.807) is 58.9 Å². The molecule has 302 valence electrons. The number of cyclic esters (lactones) is 1. The molecule has 2 N–H and O–H groups in total. The monoisotopic (exact) mass is 796 g/mol. The second-order valence-electron chi connectivity index (χ2n) is 15.0. The van der Waals surface area contributed by atoms with Crippen LogP contribution < -0.4 is 10.6 Å². The molecule has 1 aliphatic heterocycles. The lowest BCUT2D eigenvalue weighted by Gasteiger charge is -2.37. The lowest BCUT2D eigenvalue weighted by atomic mass is 10.00. The molecule has 54 heavy (non-hydrogen) atoms. The van der Waals surface area contributed by atoms with Gasteiger partial charge in [0.25, 0.3) is 0 Å². The van der Waals surface area contributed by atoms with E-state index in [0.29, 0.717) is 0 Å². The molecule has 1 saturated heterocycles. The molecule has 0 radical (unpaired) electrons. The zero-order chi connectivity index (χ0) is 41.4. The predicted molar refractivity (Wildman–Crippen MR) is 206 cm³/mol. The second kappa shape index (κ2) is 20.1. The first kappa shape index (κ1) is 46.2. The number of likely N-dealkylation sites (N-methyl/N-ethyl adjacent to an activating group) is 4. The average molecular weight is 798 g/mol. The van der Waals surface area contributed by atoms with Crippen molar-refractivity contribution in [2.75, 3.05) is 28.2 Å². The summed E-state index contributed by atoms with van der Waals surface area (Å²) in [5.74, 6) is -5.98. The van der Waals surface area contributed by atoms with Crippen LogP contribution >= 0.6 is 23.2 Å². The molecule has 0 saturated carbocycles. The highest BCUT2D eigenvalue weighted by molar-refractivity contribution is 6.44. The number of hydrogen-bond donors (Lipinski definition) is 2. The van der Waals surface area contributed by atoms with Gasteiger partial charge in [0.15, 0.2) is 0 Å². The van der Waals surface area contributed by atoms with E-state index >= 15 is 0 Å². The average Bonchev–Trinajstić information content (AvgIpc) is 3.11. The number of alkyl halides is 2. The van der Waals surface area contributed by atoms with Crippen molar-refractivity contribution in [2.45, 2.75) is 115 Å². The molecule has 0 spiro atoms. The Morgan fingerprint density at radius 2 is 1.28 bits per heavy atom. The topological polar surface area (TPSA) is 166 Å². The normalized spacial score (nSPS) is 26.6. The Morgan fingerprint density at radius 3 is 1.80 bits per heavy atom. The molecule has 1 fully saturated rings. The first-order valence-corrected chi connectivity index (χ1v) is 19.1. The van der Waals surface area contributed by atoms with Crippen molar-refractivity contribution in [3.63, 3.8) is 0 Å². The minimum absolute atomic E-state index is 0.0812. The van der Waals surface area contributed by atoms with Gasteiger partial charge in [0.1, 0.15) is 47.2 Å². The fourth-order valence-corrected chi connectivity index (χ4v) is 6.22. The van der Waals surface area contributed by atoms with Gasteiger partial charge in [-0.25, -0.2) is 4.79 Å². The van der Waals surface area contributed by atoms with Crippen molar-refractivity contribution in [3.8, 4) is 0 Å². The molecule has 8 atom stereocenters. The Labute approximate surface area is 329 Å². The molecule has 1 aliphatic rings. The Hall–Kier alpha value is -3.91. The van der Waals surface area contributed by atoms with Gasteiger partial charge in [0.05, 0.1) is 0 Å². The number of rotatable bonds is 8. The summed E-state index contributed by atoms with van der Waals surface area (Å²) in [6.07, 6.45) is -1.33. The molecule has 0 aromatic heterocycles. The Balaban J connectivity index is 2.75. The lowest BCUT2D eigenvalue weighted by molar-refractivity contribution is -0.164.